The first-order valence-electron chi connectivity index (χ1n) is 6.55. The van der Waals surface area contributed by atoms with Crippen LogP contribution in [0.15, 0.2) is 48.5 Å². The molecule has 3 heteroatoms. The van der Waals surface area contributed by atoms with Crippen LogP contribution in [0, 0.1) is 0 Å². The molecule has 0 radical (unpaired) electrons. The van der Waals surface area contributed by atoms with Gasteiger partial charge in [-0.15, -0.1) is 0 Å². The number of aryl methyl sites for hydroxylation is 1. The molecule has 1 aliphatic heterocycles. The lowest BCUT2D eigenvalue weighted by molar-refractivity contribution is 0.206. The molecule has 98 valence electrons. The first-order chi connectivity index (χ1) is 9.31. The predicted molar refractivity (Wildman–Crippen MR) is 79.1 cm³/mol. The average Bonchev–Trinajstić information content (AvgIpc) is 2.64. The Hall–Kier alpha value is -1.67. The smallest absolute Gasteiger partial charge is 0.119 e. The number of anilines is 1. The van der Waals surface area contributed by atoms with E-state index in [0.717, 1.165) is 30.2 Å². The Morgan fingerprint density at radius 1 is 1.05 bits per heavy atom. The van der Waals surface area contributed by atoms with Crippen molar-refractivity contribution in [1.29, 1.82) is 0 Å². The summed E-state index contributed by atoms with van der Waals surface area (Å²) in [5.74, 6) is 0.877. The third-order valence-electron chi connectivity index (χ3n) is 3.39. The van der Waals surface area contributed by atoms with E-state index in [9.17, 15) is 0 Å². The van der Waals surface area contributed by atoms with Gasteiger partial charge in [-0.3, -0.25) is 0 Å². The number of hydrogen-bond acceptors (Lipinski definition) is 2. The van der Waals surface area contributed by atoms with Gasteiger partial charge in [-0.05, 0) is 48.7 Å². The number of ether oxygens (including phenoxy) is 1. The van der Waals surface area contributed by atoms with Gasteiger partial charge in [0.25, 0.3) is 0 Å². The Balaban J connectivity index is 1.67. The fourth-order valence-electron chi connectivity index (χ4n) is 2.36. The Labute approximate surface area is 118 Å². The van der Waals surface area contributed by atoms with Crippen molar-refractivity contribution < 1.29 is 4.74 Å². The predicted octanol–water partition coefficient (Wildman–Crippen LogP) is 4.15. The SMILES string of the molecule is Clc1ccc(OC2CCc3ccccc3NC2)cc1. The van der Waals surface area contributed by atoms with Gasteiger partial charge in [-0.1, -0.05) is 29.8 Å². The van der Waals surface area contributed by atoms with Crippen LogP contribution in [-0.2, 0) is 6.42 Å². The number of benzene rings is 2. The maximum absolute atomic E-state index is 6.00. The Kier molecular flexibility index (Phi) is 3.60. The summed E-state index contributed by atoms with van der Waals surface area (Å²) in [7, 11) is 0. The van der Waals surface area contributed by atoms with Crippen LogP contribution in [0.5, 0.6) is 5.75 Å². The first kappa shape index (κ1) is 12.4. The highest BCUT2D eigenvalue weighted by Crippen LogP contribution is 2.24. The van der Waals surface area contributed by atoms with E-state index in [1.54, 1.807) is 0 Å². The molecular formula is C16H16ClNO. The van der Waals surface area contributed by atoms with Gasteiger partial charge in [0, 0.05) is 10.7 Å². The van der Waals surface area contributed by atoms with E-state index in [2.05, 4.69) is 29.6 Å². The molecule has 19 heavy (non-hydrogen) atoms. The summed E-state index contributed by atoms with van der Waals surface area (Å²) in [4.78, 5) is 0. The molecule has 1 aliphatic rings. The zero-order chi connectivity index (χ0) is 13.1. The van der Waals surface area contributed by atoms with Gasteiger partial charge in [-0.2, -0.15) is 0 Å². The lowest BCUT2D eigenvalue weighted by Gasteiger charge is -2.17. The van der Waals surface area contributed by atoms with E-state index in [0.29, 0.717) is 0 Å². The zero-order valence-electron chi connectivity index (χ0n) is 10.6. The molecule has 0 saturated heterocycles. The molecule has 0 fully saturated rings. The number of fused-ring (bicyclic) bond motifs is 1. The second-order valence-electron chi connectivity index (χ2n) is 4.77. The lowest BCUT2D eigenvalue weighted by Crippen LogP contribution is -2.24. The molecule has 0 saturated carbocycles. The molecule has 2 aromatic carbocycles. The molecule has 0 aliphatic carbocycles. The van der Waals surface area contributed by atoms with Gasteiger partial charge in [0.15, 0.2) is 0 Å². The summed E-state index contributed by atoms with van der Waals surface area (Å²) in [5.41, 5.74) is 2.59. The number of halogens is 1. The van der Waals surface area contributed by atoms with Crippen LogP contribution in [0.2, 0.25) is 5.02 Å². The largest absolute Gasteiger partial charge is 0.489 e. The number of rotatable bonds is 2. The van der Waals surface area contributed by atoms with Crippen molar-refractivity contribution in [3.05, 3.63) is 59.1 Å². The van der Waals surface area contributed by atoms with Crippen molar-refractivity contribution in [3.8, 4) is 5.75 Å². The van der Waals surface area contributed by atoms with Crippen molar-refractivity contribution in [3.63, 3.8) is 0 Å². The normalized spacial score (nSPS) is 18.1. The van der Waals surface area contributed by atoms with Crippen LogP contribution in [0.25, 0.3) is 0 Å². The molecule has 1 heterocycles. The van der Waals surface area contributed by atoms with Crippen molar-refractivity contribution in [2.24, 2.45) is 0 Å². The van der Waals surface area contributed by atoms with E-state index in [4.69, 9.17) is 16.3 Å². The van der Waals surface area contributed by atoms with E-state index >= 15 is 0 Å². The Morgan fingerprint density at radius 2 is 1.84 bits per heavy atom. The summed E-state index contributed by atoms with van der Waals surface area (Å²) in [6, 6.07) is 16.0. The molecule has 3 rings (SSSR count). The second-order valence-corrected chi connectivity index (χ2v) is 5.21. The van der Waals surface area contributed by atoms with Gasteiger partial charge >= 0.3 is 0 Å². The minimum atomic E-state index is 0.188. The van der Waals surface area contributed by atoms with Gasteiger partial charge in [0.05, 0.1) is 6.54 Å². The van der Waals surface area contributed by atoms with Crippen LogP contribution in [-0.4, -0.2) is 12.6 Å². The average molecular weight is 274 g/mol. The van der Waals surface area contributed by atoms with Crippen molar-refractivity contribution in [2.75, 3.05) is 11.9 Å². The molecule has 1 N–H and O–H groups in total. The summed E-state index contributed by atoms with van der Waals surface area (Å²) in [5, 5.41) is 4.19. The molecule has 0 aromatic heterocycles. The monoisotopic (exact) mass is 273 g/mol. The van der Waals surface area contributed by atoms with Crippen LogP contribution >= 0.6 is 11.6 Å². The fourth-order valence-corrected chi connectivity index (χ4v) is 2.49. The molecule has 2 nitrogen and oxygen atoms in total. The van der Waals surface area contributed by atoms with E-state index < -0.39 is 0 Å². The highest BCUT2D eigenvalue weighted by molar-refractivity contribution is 6.30. The fraction of sp³-hybridized carbons (Fsp3) is 0.250. The van der Waals surface area contributed by atoms with E-state index in [1.807, 2.05) is 24.3 Å². The highest BCUT2D eigenvalue weighted by atomic mass is 35.5. The summed E-state index contributed by atoms with van der Waals surface area (Å²) in [6.07, 6.45) is 2.25. The maximum atomic E-state index is 6.00. The van der Waals surface area contributed by atoms with Crippen LogP contribution in [0.4, 0.5) is 5.69 Å². The van der Waals surface area contributed by atoms with Crippen LogP contribution < -0.4 is 10.1 Å². The van der Waals surface area contributed by atoms with Gasteiger partial charge in [-0.25, -0.2) is 0 Å². The molecule has 0 bridgehead atoms. The third kappa shape index (κ3) is 3.02. The zero-order valence-corrected chi connectivity index (χ0v) is 11.4. The van der Waals surface area contributed by atoms with Crippen molar-refractivity contribution in [2.45, 2.75) is 18.9 Å². The van der Waals surface area contributed by atoms with Gasteiger partial charge < -0.3 is 10.1 Å². The first-order valence-corrected chi connectivity index (χ1v) is 6.93. The van der Waals surface area contributed by atoms with E-state index in [1.165, 1.54) is 11.3 Å². The number of hydrogen-bond donors (Lipinski definition) is 1. The quantitative estimate of drug-likeness (QED) is 0.888. The molecule has 1 unspecified atom stereocenters. The van der Waals surface area contributed by atoms with Gasteiger partial charge in [0.2, 0.25) is 0 Å². The Bertz CT molecular complexity index is 526. The Morgan fingerprint density at radius 3 is 2.68 bits per heavy atom. The maximum Gasteiger partial charge on any atom is 0.119 e. The molecule has 1 atom stereocenters. The third-order valence-corrected chi connectivity index (χ3v) is 3.64. The molecule has 0 spiro atoms. The molecule has 0 amide bonds. The summed E-state index contributed by atoms with van der Waals surface area (Å²) >= 11 is 5.87. The number of nitrogens with one attached hydrogen (secondary N) is 1. The summed E-state index contributed by atoms with van der Waals surface area (Å²) in [6.45, 7) is 0.833. The van der Waals surface area contributed by atoms with Gasteiger partial charge in [0.1, 0.15) is 11.9 Å². The topological polar surface area (TPSA) is 21.3 Å². The minimum Gasteiger partial charge on any atom is -0.489 e. The minimum absolute atomic E-state index is 0.188. The molecule has 2 aromatic rings. The second kappa shape index (κ2) is 5.54. The van der Waals surface area contributed by atoms with Crippen molar-refractivity contribution >= 4 is 17.3 Å². The standard InChI is InChI=1S/C16H16ClNO/c17-13-6-9-14(10-7-13)19-15-8-5-12-3-1-2-4-16(12)18-11-15/h1-4,6-7,9-10,15,18H,5,8,11H2. The van der Waals surface area contributed by atoms with Crippen LogP contribution in [0.1, 0.15) is 12.0 Å². The van der Waals surface area contributed by atoms with Crippen LogP contribution in [0.3, 0.4) is 0 Å². The van der Waals surface area contributed by atoms with Crippen molar-refractivity contribution in [1.82, 2.24) is 0 Å². The lowest BCUT2D eigenvalue weighted by atomic mass is 10.1. The molecular weight excluding hydrogens is 258 g/mol. The summed E-state index contributed by atoms with van der Waals surface area (Å²) < 4.78 is 6.00. The van der Waals surface area contributed by atoms with E-state index in [-0.39, 0.29) is 6.10 Å². The number of para-hydroxylation sites is 1. The highest BCUT2D eigenvalue weighted by Gasteiger charge is 2.16.